The SMILES string of the molecule is CCC(=O)N1CC2(CCCC2)CC1C(C)=O. The molecule has 3 nitrogen and oxygen atoms in total. The number of carbonyl (C=O) groups excluding carboxylic acids is 2. The molecule has 1 saturated heterocycles. The van der Waals surface area contributed by atoms with Gasteiger partial charge in [0.15, 0.2) is 5.78 Å². The quantitative estimate of drug-likeness (QED) is 0.719. The third-order valence-electron chi connectivity index (χ3n) is 4.26. The molecule has 3 heteroatoms. The zero-order chi connectivity index (χ0) is 11.8. The lowest BCUT2D eigenvalue weighted by Crippen LogP contribution is -2.39. The molecular weight excluding hydrogens is 202 g/mol. The van der Waals surface area contributed by atoms with Crippen molar-refractivity contribution in [3.63, 3.8) is 0 Å². The van der Waals surface area contributed by atoms with Gasteiger partial charge in [0.25, 0.3) is 0 Å². The van der Waals surface area contributed by atoms with E-state index in [0.717, 1.165) is 13.0 Å². The second-order valence-electron chi connectivity index (χ2n) is 5.41. The van der Waals surface area contributed by atoms with E-state index in [9.17, 15) is 9.59 Å². The average molecular weight is 223 g/mol. The van der Waals surface area contributed by atoms with Crippen LogP contribution in [0.1, 0.15) is 52.4 Å². The van der Waals surface area contributed by atoms with Gasteiger partial charge >= 0.3 is 0 Å². The number of nitrogens with zero attached hydrogens (tertiary/aromatic N) is 1. The van der Waals surface area contributed by atoms with Gasteiger partial charge in [0.05, 0.1) is 6.04 Å². The number of hydrogen-bond donors (Lipinski definition) is 0. The summed E-state index contributed by atoms with van der Waals surface area (Å²) in [5.41, 5.74) is 0.279. The van der Waals surface area contributed by atoms with E-state index in [0.29, 0.717) is 6.42 Å². The molecule has 0 N–H and O–H groups in total. The molecule has 16 heavy (non-hydrogen) atoms. The zero-order valence-corrected chi connectivity index (χ0v) is 10.3. The molecule has 1 spiro atoms. The molecule has 0 aromatic rings. The van der Waals surface area contributed by atoms with Crippen molar-refractivity contribution < 1.29 is 9.59 Å². The fourth-order valence-electron chi connectivity index (χ4n) is 3.37. The van der Waals surface area contributed by atoms with Crippen LogP contribution in [0.3, 0.4) is 0 Å². The van der Waals surface area contributed by atoms with Gasteiger partial charge in [-0.1, -0.05) is 19.8 Å². The van der Waals surface area contributed by atoms with Crippen molar-refractivity contribution in [3.05, 3.63) is 0 Å². The molecule has 1 amide bonds. The third-order valence-corrected chi connectivity index (χ3v) is 4.26. The van der Waals surface area contributed by atoms with Gasteiger partial charge in [-0.05, 0) is 31.6 Å². The second-order valence-corrected chi connectivity index (χ2v) is 5.41. The van der Waals surface area contributed by atoms with Gasteiger partial charge in [-0.2, -0.15) is 0 Å². The summed E-state index contributed by atoms with van der Waals surface area (Å²) in [6.07, 6.45) is 6.35. The van der Waals surface area contributed by atoms with Crippen molar-refractivity contribution >= 4 is 11.7 Å². The zero-order valence-electron chi connectivity index (χ0n) is 10.3. The summed E-state index contributed by atoms with van der Waals surface area (Å²) in [7, 11) is 0. The fraction of sp³-hybridized carbons (Fsp3) is 0.846. The molecule has 2 aliphatic rings. The molecule has 0 bridgehead atoms. The Kier molecular flexibility index (Phi) is 3.04. The van der Waals surface area contributed by atoms with Crippen LogP contribution in [0, 0.1) is 5.41 Å². The first-order valence-electron chi connectivity index (χ1n) is 6.38. The van der Waals surface area contributed by atoms with Crippen molar-refractivity contribution in [1.82, 2.24) is 4.90 Å². The van der Waals surface area contributed by atoms with Crippen LogP contribution in [0.2, 0.25) is 0 Å². The maximum atomic E-state index is 11.8. The van der Waals surface area contributed by atoms with E-state index in [1.807, 2.05) is 11.8 Å². The van der Waals surface area contributed by atoms with E-state index >= 15 is 0 Å². The highest BCUT2D eigenvalue weighted by Gasteiger charge is 2.48. The van der Waals surface area contributed by atoms with Gasteiger partial charge in [-0.15, -0.1) is 0 Å². The molecule has 2 fully saturated rings. The van der Waals surface area contributed by atoms with Crippen LogP contribution in [0.5, 0.6) is 0 Å². The molecule has 2 rings (SSSR count). The van der Waals surface area contributed by atoms with E-state index in [1.165, 1.54) is 25.7 Å². The minimum Gasteiger partial charge on any atom is -0.332 e. The molecule has 1 heterocycles. The monoisotopic (exact) mass is 223 g/mol. The van der Waals surface area contributed by atoms with Crippen LogP contribution in [0.4, 0.5) is 0 Å². The molecule has 1 atom stereocenters. The predicted octanol–water partition coefficient (Wildman–Crippen LogP) is 2.15. The number of carbonyl (C=O) groups is 2. The summed E-state index contributed by atoms with van der Waals surface area (Å²) in [5, 5.41) is 0. The molecule has 1 aliphatic carbocycles. The lowest BCUT2D eigenvalue weighted by Gasteiger charge is -2.23. The molecule has 1 aliphatic heterocycles. The molecule has 0 radical (unpaired) electrons. The lowest BCUT2D eigenvalue weighted by molar-refractivity contribution is -0.136. The van der Waals surface area contributed by atoms with Crippen LogP contribution in [-0.4, -0.2) is 29.2 Å². The van der Waals surface area contributed by atoms with Crippen molar-refractivity contribution in [2.45, 2.75) is 58.4 Å². The summed E-state index contributed by atoms with van der Waals surface area (Å²) in [5.74, 6) is 0.301. The standard InChI is InChI=1S/C13H21NO2/c1-3-12(16)14-9-13(6-4-5-7-13)8-11(14)10(2)15/h11H,3-9H2,1-2H3. The van der Waals surface area contributed by atoms with E-state index in [1.54, 1.807) is 6.92 Å². The van der Waals surface area contributed by atoms with Crippen molar-refractivity contribution in [3.8, 4) is 0 Å². The largest absolute Gasteiger partial charge is 0.332 e. The van der Waals surface area contributed by atoms with Gasteiger partial charge < -0.3 is 4.90 Å². The Bertz CT molecular complexity index is 305. The van der Waals surface area contributed by atoms with Crippen molar-refractivity contribution in [2.75, 3.05) is 6.54 Å². The summed E-state index contributed by atoms with van der Waals surface area (Å²) in [6.45, 7) is 4.32. The number of ketones is 1. The van der Waals surface area contributed by atoms with Crippen LogP contribution >= 0.6 is 0 Å². The van der Waals surface area contributed by atoms with Gasteiger partial charge in [0, 0.05) is 13.0 Å². The Hall–Kier alpha value is -0.860. The Labute approximate surface area is 97.2 Å². The highest BCUT2D eigenvalue weighted by Crippen LogP contribution is 2.47. The normalized spacial score (nSPS) is 27.6. The molecule has 0 aromatic heterocycles. The number of likely N-dealkylation sites (tertiary alicyclic amines) is 1. The van der Waals surface area contributed by atoms with Crippen LogP contribution in [0.25, 0.3) is 0 Å². The number of hydrogen-bond acceptors (Lipinski definition) is 2. The summed E-state index contributed by atoms with van der Waals surface area (Å²) in [6, 6.07) is -0.134. The molecule has 1 unspecified atom stereocenters. The molecule has 90 valence electrons. The number of rotatable bonds is 2. The predicted molar refractivity (Wildman–Crippen MR) is 62.0 cm³/mol. The maximum absolute atomic E-state index is 11.8. The number of Topliss-reactive ketones (excluding diaryl/α,β-unsaturated/α-hetero) is 1. The van der Waals surface area contributed by atoms with Gasteiger partial charge in [0.1, 0.15) is 0 Å². The Morgan fingerprint density at radius 3 is 2.44 bits per heavy atom. The van der Waals surface area contributed by atoms with Crippen LogP contribution in [-0.2, 0) is 9.59 Å². The van der Waals surface area contributed by atoms with Crippen molar-refractivity contribution in [2.24, 2.45) is 5.41 Å². The minimum absolute atomic E-state index is 0.134. The fourth-order valence-corrected chi connectivity index (χ4v) is 3.37. The maximum Gasteiger partial charge on any atom is 0.222 e. The average Bonchev–Trinajstić information content (AvgIpc) is 2.86. The van der Waals surface area contributed by atoms with Crippen LogP contribution < -0.4 is 0 Å². The third kappa shape index (κ3) is 1.87. The van der Waals surface area contributed by atoms with Gasteiger partial charge in [-0.25, -0.2) is 0 Å². The van der Waals surface area contributed by atoms with Gasteiger partial charge in [-0.3, -0.25) is 9.59 Å². The summed E-state index contributed by atoms with van der Waals surface area (Å²) < 4.78 is 0. The molecule has 1 saturated carbocycles. The Balaban J connectivity index is 2.17. The van der Waals surface area contributed by atoms with Crippen LogP contribution in [0.15, 0.2) is 0 Å². The minimum atomic E-state index is -0.134. The first kappa shape index (κ1) is 11.6. The molecular formula is C13H21NO2. The van der Waals surface area contributed by atoms with E-state index in [-0.39, 0.29) is 23.1 Å². The first-order chi connectivity index (χ1) is 7.58. The Morgan fingerprint density at radius 2 is 1.94 bits per heavy atom. The highest BCUT2D eigenvalue weighted by atomic mass is 16.2. The summed E-state index contributed by atoms with van der Waals surface area (Å²) >= 11 is 0. The smallest absolute Gasteiger partial charge is 0.222 e. The second kappa shape index (κ2) is 4.19. The molecule has 0 aromatic carbocycles. The van der Waals surface area contributed by atoms with Gasteiger partial charge in [0.2, 0.25) is 5.91 Å². The van der Waals surface area contributed by atoms with E-state index < -0.39 is 0 Å². The topological polar surface area (TPSA) is 37.4 Å². The first-order valence-corrected chi connectivity index (χ1v) is 6.38. The van der Waals surface area contributed by atoms with E-state index in [4.69, 9.17) is 0 Å². The van der Waals surface area contributed by atoms with E-state index in [2.05, 4.69) is 0 Å². The summed E-state index contributed by atoms with van der Waals surface area (Å²) in [4.78, 5) is 25.3. The lowest BCUT2D eigenvalue weighted by atomic mass is 9.83. The van der Waals surface area contributed by atoms with Crippen molar-refractivity contribution in [1.29, 1.82) is 0 Å². The highest BCUT2D eigenvalue weighted by molar-refractivity contribution is 5.88. The Morgan fingerprint density at radius 1 is 1.31 bits per heavy atom. The number of amides is 1.